The lowest BCUT2D eigenvalue weighted by Gasteiger charge is -2.26. The number of fused-ring (bicyclic) bond motifs is 1. The quantitative estimate of drug-likeness (QED) is 0.659. The maximum absolute atomic E-state index is 13.0. The van der Waals surface area contributed by atoms with Crippen LogP contribution < -0.4 is 4.90 Å². The van der Waals surface area contributed by atoms with Crippen molar-refractivity contribution >= 4 is 33.3 Å². The summed E-state index contributed by atoms with van der Waals surface area (Å²) in [6, 6.07) is 5.97. The van der Waals surface area contributed by atoms with Crippen LogP contribution >= 0.6 is 11.3 Å². The Kier molecular flexibility index (Phi) is 5.52. The van der Waals surface area contributed by atoms with Crippen molar-refractivity contribution in [3.8, 4) is 0 Å². The first-order valence-electron chi connectivity index (χ1n) is 9.79. The van der Waals surface area contributed by atoms with E-state index in [-0.39, 0.29) is 5.91 Å². The third-order valence-corrected chi connectivity index (χ3v) is 6.52. The number of nitrogens with zero attached hydrogens (tertiary/aromatic N) is 5. The van der Waals surface area contributed by atoms with Crippen molar-refractivity contribution in [2.24, 2.45) is 0 Å². The number of anilines is 1. The number of amides is 1. The van der Waals surface area contributed by atoms with Crippen LogP contribution in [0.1, 0.15) is 40.2 Å². The average molecular weight is 396 g/mol. The van der Waals surface area contributed by atoms with E-state index in [0.717, 1.165) is 71.1 Å². The molecule has 0 N–H and O–H groups in total. The minimum atomic E-state index is 0.141. The second-order valence-corrected chi connectivity index (χ2v) is 8.28. The smallest absolute Gasteiger partial charge is 0.264 e. The van der Waals surface area contributed by atoms with E-state index in [2.05, 4.69) is 19.9 Å². The highest BCUT2D eigenvalue weighted by molar-refractivity contribution is 7.20. The van der Waals surface area contributed by atoms with Crippen molar-refractivity contribution < 1.29 is 4.79 Å². The number of thiophene rings is 1. The van der Waals surface area contributed by atoms with Gasteiger partial charge in [0, 0.05) is 45.0 Å². The van der Waals surface area contributed by atoms with E-state index >= 15 is 0 Å². The van der Waals surface area contributed by atoms with Gasteiger partial charge in [-0.25, -0.2) is 9.97 Å². The first-order valence-corrected chi connectivity index (χ1v) is 10.6. The second kappa shape index (κ2) is 8.22. The Morgan fingerprint density at radius 1 is 1.18 bits per heavy atom. The maximum Gasteiger partial charge on any atom is 0.264 e. The van der Waals surface area contributed by atoms with Gasteiger partial charge < -0.3 is 9.80 Å². The standard InChI is InChI=1S/C21H25N5OS/c1-15-17-19(25(2)13-9-16-8-4-5-10-22-16)23-14-24-20(17)28-18(15)21(27)26-11-6-3-7-12-26/h4-5,8,10,14H,3,6-7,9,11-13H2,1-2H3. The van der Waals surface area contributed by atoms with E-state index < -0.39 is 0 Å². The number of pyridine rings is 1. The summed E-state index contributed by atoms with van der Waals surface area (Å²) < 4.78 is 0. The fourth-order valence-corrected chi connectivity index (χ4v) is 4.83. The van der Waals surface area contributed by atoms with Gasteiger partial charge >= 0.3 is 0 Å². The van der Waals surface area contributed by atoms with Crippen molar-refractivity contribution in [2.45, 2.75) is 32.6 Å². The molecule has 4 heterocycles. The topological polar surface area (TPSA) is 62.2 Å². The molecule has 7 heteroatoms. The molecule has 0 radical (unpaired) electrons. The molecule has 0 aliphatic carbocycles. The minimum Gasteiger partial charge on any atom is -0.359 e. The highest BCUT2D eigenvalue weighted by Crippen LogP contribution is 2.35. The van der Waals surface area contributed by atoms with Crippen LogP contribution in [-0.4, -0.2) is 52.4 Å². The molecule has 1 amide bonds. The van der Waals surface area contributed by atoms with Gasteiger partial charge in [-0.2, -0.15) is 0 Å². The monoisotopic (exact) mass is 395 g/mol. The number of aromatic nitrogens is 3. The lowest BCUT2D eigenvalue weighted by atomic mass is 10.1. The summed E-state index contributed by atoms with van der Waals surface area (Å²) in [5.74, 6) is 1.02. The molecule has 1 fully saturated rings. The summed E-state index contributed by atoms with van der Waals surface area (Å²) in [4.78, 5) is 32.2. The maximum atomic E-state index is 13.0. The van der Waals surface area contributed by atoms with Crippen LogP contribution in [-0.2, 0) is 6.42 Å². The fourth-order valence-electron chi connectivity index (χ4n) is 3.72. The molecule has 1 aliphatic heterocycles. The largest absolute Gasteiger partial charge is 0.359 e. The third kappa shape index (κ3) is 3.71. The lowest BCUT2D eigenvalue weighted by Crippen LogP contribution is -2.35. The number of hydrogen-bond acceptors (Lipinski definition) is 6. The predicted octanol–water partition coefficient (Wildman–Crippen LogP) is 3.70. The molecule has 146 valence electrons. The first kappa shape index (κ1) is 18.8. The Bertz CT molecular complexity index is 966. The molecule has 3 aromatic rings. The summed E-state index contributed by atoms with van der Waals surface area (Å²) in [5.41, 5.74) is 2.05. The van der Waals surface area contributed by atoms with Crippen LogP contribution in [0.25, 0.3) is 10.2 Å². The van der Waals surface area contributed by atoms with Crippen LogP contribution in [0.4, 0.5) is 5.82 Å². The highest BCUT2D eigenvalue weighted by Gasteiger charge is 2.25. The van der Waals surface area contributed by atoms with E-state index in [0.29, 0.717) is 0 Å². The lowest BCUT2D eigenvalue weighted by molar-refractivity contribution is 0.0728. The Morgan fingerprint density at radius 3 is 2.75 bits per heavy atom. The molecule has 0 saturated carbocycles. The summed E-state index contributed by atoms with van der Waals surface area (Å²) in [6.07, 6.45) is 7.66. The number of likely N-dealkylation sites (N-methyl/N-ethyl adjacent to an activating group) is 1. The number of likely N-dealkylation sites (tertiary alicyclic amines) is 1. The van der Waals surface area contributed by atoms with Gasteiger partial charge in [0.25, 0.3) is 5.91 Å². The molecule has 28 heavy (non-hydrogen) atoms. The summed E-state index contributed by atoms with van der Waals surface area (Å²) in [5, 5.41) is 0.997. The van der Waals surface area contributed by atoms with Crippen molar-refractivity contribution in [3.63, 3.8) is 0 Å². The number of carbonyl (C=O) groups excluding carboxylic acids is 1. The average Bonchev–Trinajstić information content (AvgIpc) is 3.09. The van der Waals surface area contributed by atoms with E-state index in [1.807, 2.05) is 43.3 Å². The van der Waals surface area contributed by atoms with Gasteiger partial charge in [0.1, 0.15) is 17.0 Å². The van der Waals surface area contributed by atoms with E-state index in [1.165, 1.54) is 17.8 Å². The zero-order valence-electron chi connectivity index (χ0n) is 16.4. The van der Waals surface area contributed by atoms with Gasteiger partial charge in [-0.1, -0.05) is 6.07 Å². The normalized spacial score (nSPS) is 14.4. The molecule has 0 bridgehead atoms. The molecular formula is C21H25N5OS. The molecule has 6 nitrogen and oxygen atoms in total. The molecule has 4 rings (SSSR count). The van der Waals surface area contributed by atoms with Gasteiger partial charge in [0.15, 0.2) is 0 Å². The molecule has 0 unspecified atom stereocenters. The Hall–Kier alpha value is -2.54. The molecule has 0 atom stereocenters. The molecule has 3 aromatic heterocycles. The van der Waals surface area contributed by atoms with Crippen LogP contribution in [0.15, 0.2) is 30.7 Å². The van der Waals surface area contributed by atoms with Gasteiger partial charge in [-0.3, -0.25) is 9.78 Å². The third-order valence-electron chi connectivity index (χ3n) is 5.34. The molecular weight excluding hydrogens is 370 g/mol. The van der Waals surface area contributed by atoms with Crippen LogP contribution in [0, 0.1) is 6.92 Å². The van der Waals surface area contributed by atoms with Gasteiger partial charge in [-0.15, -0.1) is 11.3 Å². The minimum absolute atomic E-state index is 0.141. The zero-order valence-corrected chi connectivity index (χ0v) is 17.2. The van der Waals surface area contributed by atoms with E-state index in [1.54, 1.807) is 6.33 Å². The van der Waals surface area contributed by atoms with Crippen LogP contribution in [0.3, 0.4) is 0 Å². The first-order chi connectivity index (χ1) is 13.6. The molecule has 1 aliphatic rings. The van der Waals surface area contributed by atoms with Gasteiger partial charge in [-0.05, 0) is 43.9 Å². The molecule has 0 spiro atoms. The number of rotatable bonds is 5. The van der Waals surface area contributed by atoms with Crippen molar-refractivity contribution in [3.05, 3.63) is 46.9 Å². The Morgan fingerprint density at radius 2 is 2.00 bits per heavy atom. The Labute approximate surface area is 169 Å². The summed E-state index contributed by atoms with van der Waals surface area (Å²) in [7, 11) is 2.04. The molecule has 1 saturated heterocycles. The SMILES string of the molecule is Cc1c(C(=O)N2CCCCC2)sc2ncnc(N(C)CCc3ccccn3)c12. The van der Waals surface area contributed by atoms with Crippen molar-refractivity contribution in [1.29, 1.82) is 0 Å². The number of hydrogen-bond donors (Lipinski definition) is 0. The predicted molar refractivity (Wildman–Crippen MR) is 113 cm³/mol. The van der Waals surface area contributed by atoms with Gasteiger partial charge in [0.05, 0.1) is 10.3 Å². The van der Waals surface area contributed by atoms with Crippen molar-refractivity contribution in [1.82, 2.24) is 19.9 Å². The number of piperidine rings is 1. The zero-order chi connectivity index (χ0) is 19.5. The highest BCUT2D eigenvalue weighted by atomic mass is 32.1. The second-order valence-electron chi connectivity index (χ2n) is 7.28. The number of carbonyl (C=O) groups is 1. The van der Waals surface area contributed by atoms with E-state index in [9.17, 15) is 4.79 Å². The summed E-state index contributed by atoms with van der Waals surface area (Å²) in [6.45, 7) is 4.54. The summed E-state index contributed by atoms with van der Waals surface area (Å²) >= 11 is 1.49. The number of aryl methyl sites for hydroxylation is 1. The van der Waals surface area contributed by atoms with E-state index in [4.69, 9.17) is 0 Å². The van der Waals surface area contributed by atoms with Gasteiger partial charge in [0.2, 0.25) is 0 Å². The Balaban J connectivity index is 1.60. The van der Waals surface area contributed by atoms with Crippen LogP contribution in [0.5, 0.6) is 0 Å². The molecule has 0 aromatic carbocycles. The van der Waals surface area contributed by atoms with Crippen molar-refractivity contribution in [2.75, 3.05) is 31.6 Å². The fraction of sp³-hybridized carbons (Fsp3) is 0.429. The van der Waals surface area contributed by atoms with Crippen LogP contribution in [0.2, 0.25) is 0 Å².